The van der Waals surface area contributed by atoms with Gasteiger partial charge >= 0.3 is 0 Å². The molecule has 1 aliphatic rings. The molecule has 1 aromatic heterocycles. The van der Waals surface area contributed by atoms with Gasteiger partial charge < -0.3 is 10.6 Å². The van der Waals surface area contributed by atoms with Crippen LogP contribution in [0.15, 0.2) is 24.3 Å². The van der Waals surface area contributed by atoms with E-state index in [4.69, 9.17) is 0 Å². The fourth-order valence-electron chi connectivity index (χ4n) is 3.32. The smallest absolute Gasteiger partial charge is 0.225 e. The number of aryl methyl sites for hydroxylation is 3. The largest absolute Gasteiger partial charge is 0.350 e. The lowest BCUT2D eigenvalue weighted by atomic mass is 10.0. The molecule has 0 aliphatic carbocycles. The second kappa shape index (κ2) is 7.61. The summed E-state index contributed by atoms with van der Waals surface area (Å²) in [6, 6.07) is 8.11. The second-order valence-electron chi connectivity index (χ2n) is 6.75. The van der Waals surface area contributed by atoms with Crippen molar-refractivity contribution >= 4 is 27.3 Å². The van der Waals surface area contributed by atoms with Gasteiger partial charge in [0, 0.05) is 23.5 Å². The van der Waals surface area contributed by atoms with Gasteiger partial charge in [-0.05, 0) is 37.3 Å². The van der Waals surface area contributed by atoms with E-state index >= 15 is 0 Å². The Bertz CT molecular complexity index is 874. The highest BCUT2D eigenvalue weighted by molar-refractivity contribution is 7.91. The lowest BCUT2D eigenvalue weighted by Gasteiger charge is -2.17. The molecular weight excluding hydrogens is 348 g/mol. The monoisotopic (exact) mass is 374 g/mol. The van der Waals surface area contributed by atoms with E-state index in [1.165, 1.54) is 11.1 Å². The van der Waals surface area contributed by atoms with Gasteiger partial charge in [0.05, 0.1) is 11.5 Å². The minimum atomic E-state index is -2.94. The molecule has 7 heteroatoms. The number of hydrogen-bond acceptors (Lipinski definition) is 6. The van der Waals surface area contributed by atoms with E-state index in [-0.39, 0.29) is 17.5 Å². The normalized spacial score (nSPS) is 18.7. The van der Waals surface area contributed by atoms with E-state index in [9.17, 15) is 8.42 Å². The van der Waals surface area contributed by atoms with Gasteiger partial charge in [-0.2, -0.15) is 4.98 Å². The van der Waals surface area contributed by atoms with Crippen LogP contribution < -0.4 is 10.6 Å². The molecule has 1 aromatic carbocycles. The number of anilines is 3. The quantitative estimate of drug-likeness (QED) is 0.807. The van der Waals surface area contributed by atoms with Gasteiger partial charge in [-0.15, -0.1) is 0 Å². The predicted octanol–water partition coefficient (Wildman–Crippen LogP) is 3.25. The number of hydrogen-bond donors (Lipinski definition) is 2. The molecule has 1 unspecified atom stereocenters. The fourth-order valence-corrected chi connectivity index (χ4v) is 4.99. The van der Waals surface area contributed by atoms with Crippen LogP contribution in [0.4, 0.5) is 17.5 Å². The van der Waals surface area contributed by atoms with Crippen molar-refractivity contribution in [3.63, 3.8) is 0 Å². The Morgan fingerprint density at radius 3 is 2.42 bits per heavy atom. The predicted molar refractivity (Wildman–Crippen MR) is 106 cm³/mol. The molecular formula is C19H26N4O2S. The standard InChI is InChI=1S/C19H26N4O2S/c1-4-14-7-6-8-15(5-2)18(14)22-17-11-13(3)20-19(23-17)21-16-9-10-26(24,25)12-16/h6-8,11,16H,4-5,9-10,12H2,1-3H3,(H2,20,21,22,23). The number of nitrogens with zero attached hydrogens (tertiary/aromatic N) is 2. The third-order valence-corrected chi connectivity index (χ3v) is 6.44. The zero-order valence-electron chi connectivity index (χ0n) is 15.5. The summed E-state index contributed by atoms with van der Waals surface area (Å²) in [7, 11) is -2.94. The summed E-state index contributed by atoms with van der Waals surface area (Å²) in [5.41, 5.74) is 4.43. The highest BCUT2D eigenvalue weighted by atomic mass is 32.2. The maximum atomic E-state index is 11.7. The molecule has 1 saturated heterocycles. The molecule has 2 N–H and O–H groups in total. The summed E-state index contributed by atoms with van der Waals surface area (Å²) in [6.45, 7) is 6.19. The van der Waals surface area contributed by atoms with Crippen LogP contribution in [0.1, 0.15) is 37.1 Å². The first-order valence-corrected chi connectivity index (χ1v) is 10.9. The molecule has 1 atom stereocenters. The van der Waals surface area contributed by atoms with Gasteiger partial charge in [-0.1, -0.05) is 32.0 Å². The van der Waals surface area contributed by atoms with Gasteiger partial charge in [0.2, 0.25) is 5.95 Å². The number of nitrogens with one attached hydrogen (secondary N) is 2. The van der Waals surface area contributed by atoms with Crippen LogP contribution >= 0.6 is 0 Å². The van der Waals surface area contributed by atoms with Gasteiger partial charge in [-0.3, -0.25) is 0 Å². The Morgan fingerprint density at radius 2 is 1.85 bits per heavy atom. The second-order valence-corrected chi connectivity index (χ2v) is 8.97. The van der Waals surface area contributed by atoms with Crippen LogP contribution in [0.2, 0.25) is 0 Å². The van der Waals surface area contributed by atoms with Crippen LogP contribution in [0.25, 0.3) is 0 Å². The van der Waals surface area contributed by atoms with Crippen LogP contribution in [-0.4, -0.2) is 35.9 Å². The highest BCUT2D eigenvalue weighted by Crippen LogP contribution is 2.26. The van der Waals surface area contributed by atoms with E-state index in [1.807, 2.05) is 13.0 Å². The van der Waals surface area contributed by atoms with Crippen molar-refractivity contribution in [3.8, 4) is 0 Å². The first kappa shape index (κ1) is 18.6. The number of benzene rings is 1. The maximum absolute atomic E-state index is 11.7. The minimum Gasteiger partial charge on any atom is -0.350 e. The Labute approximate surface area is 155 Å². The van der Waals surface area contributed by atoms with Crippen molar-refractivity contribution in [2.24, 2.45) is 0 Å². The molecule has 0 bridgehead atoms. The first-order valence-electron chi connectivity index (χ1n) is 9.10. The van der Waals surface area contributed by atoms with E-state index in [1.54, 1.807) is 0 Å². The summed E-state index contributed by atoms with van der Waals surface area (Å²) in [4.78, 5) is 8.98. The van der Waals surface area contributed by atoms with Crippen molar-refractivity contribution < 1.29 is 8.42 Å². The summed E-state index contributed by atoms with van der Waals surface area (Å²) < 4.78 is 23.3. The average Bonchev–Trinajstić information content (AvgIpc) is 2.93. The summed E-state index contributed by atoms with van der Waals surface area (Å²) >= 11 is 0. The minimum absolute atomic E-state index is 0.121. The molecule has 0 amide bonds. The van der Waals surface area contributed by atoms with E-state index in [2.05, 4.69) is 52.6 Å². The highest BCUT2D eigenvalue weighted by Gasteiger charge is 2.28. The zero-order chi connectivity index (χ0) is 18.7. The molecule has 2 aromatic rings. The van der Waals surface area contributed by atoms with Gasteiger partial charge in [0.1, 0.15) is 5.82 Å². The Morgan fingerprint density at radius 1 is 1.15 bits per heavy atom. The molecule has 0 radical (unpaired) electrons. The molecule has 1 aliphatic heterocycles. The first-order chi connectivity index (χ1) is 12.4. The lowest BCUT2D eigenvalue weighted by molar-refractivity contribution is 0.602. The molecule has 1 fully saturated rings. The summed E-state index contributed by atoms with van der Waals surface area (Å²) in [6.07, 6.45) is 2.47. The van der Waals surface area contributed by atoms with Crippen LogP contribution in [0, 0.1) is 6.92 Å². The number of rotatable bonds is 6. The molecule has 140 valence electrons. The van der Waals surface area contributed by atoms with Crippen molar-refractivity contribution in [1.82, 2.24) is 9.97 Å². The van der Waals surface area contributed by atoms with Crippen LogP contribution in [0.5, 0.6) is 0 Å². The topological polar surface area (TPSA) is 84.0 Å². The van der Waals surface area contributed by atoms with Crippen molar-refractivity contribution in [2.45, 2.75) is 46.1 Å². The SMILES string of the molecule is CCc1cccc(CC)c1Nc1cc(C)nc(NC2CCS(=O)(=O)C2)n1. The van der Waals surface area contributed by atoms with Crippen molar-refractivity contribution in [3.05, 3.63) is 41.1 Å². The summed E-state index contributed by atoms with van der Waals surface area (Å²) in [5, 5.41) is 6.64. The molecule has 0 saturated carbocycles. The van der Waals surface area contributed by atoms with Crippen molar-refractivity contribution in [1.29, 1.82) is 0 Å². The fraction of sp³-hybridized carbons (Fsp3) is 0.474. The van der Waals surface area contributed by atoms with Gasteiger partial charge in [-0.25, -0.2) is 13.4 Å². The Kier molecular flexibility index (Phi) is 5.46. The lowest BCUT2D eigenvalue weighted by Crippen LogP contribution is -2.22. The third kappa shape index (κ3) is 4.33. The van der Waals surface area contributed by atoms with Crippen molar-refractivity contribution in [2.75, 3.05) is 22.1 Å². The molecule has 3 rings (SSSR count). The van der Waals surface area contributed by atoms with Crippen LogP contribution in [-0.2, 0) is 22.7 Å². The number of aromatic nitrogens is 2. The number of para-hydroxylation sites is 1. The van der Waals surface area contributed by atoms with Crippen LogP contribution in [0.3, 0.4) is 0 Å². The average molecular weight is 375 g/mol. The molecule has 26 heavy (non-hydrogen) atoms. The van der Waals surface area contributed by atoms with E-state index in [0.29, 0.717) is 12.4 Å². The van der Waals surface area contributed by atoms with Gasteiger partial charge in [0.25, 0.3) is 0 Å². The Hall–Kier alpha value is -2.15. The summed E-state index contributed by atoms with van der Waals surface area (Å²) in [5.74, 6) is 1.56. The van der Waals surface area contributed by atoms with Gasteiger partial charge in [0.15, 0.2) is 9.84 Å². The molecule has 2 heterocycles. The third-order valence-electron chi connectivity index (χ3n) is 4.67. The molecule has 0 spiro atoms. The zero-order valence-corrected chi connectivity index (χ0v) is 16.4. The molecule has 6 nitrogen and oxygen atoms in total. The Balaban J connectivity index is 1.85. The maximum Gasteiger partial charge on any atom is 0.225 e. The van der Waals surface area contributed by atoms with E-state index in [0.717, 1.165) is 30.0 Å². The van der Waals surface area contributed by atoms with E-state index < -0.39 is 9.84 Å². The number of sulfone groups is 1.